The summed E-state index contributed by atoms with van der Waals surface area (Å²) in [5.74, 6) is 0. The molecular formula is C17H19FeN. The Morgan fingerprint density at radius 1 is 1.00 bits per heavy atom. The molecule has 2 aromatic carbocycles. The van der Waals surface area contributed by atoms with Gasteiger partial charge in [0.1, 0.15) is 0 Å². The summed E-state index contributed by atoms with van der Waals surface area (Å²) in [5.41, 5.74) is 1.41. The minimum absolute atomic E-state index is 0. The van der Waals surface area contributed by atoms with Gasteiger partial charge in [-0.15, -0.1) is 0 Å². The topological polar surface area (TPSA) is 3.24 Å². The summed E-state index contributed by atoms with van der Waals surface area (Å²) in [6.45, 7) is 4.63. The molecule has 1 aliphatic rings. The molecule has 0 bridgehead atoms. The van der Waals surface area contributed by atoms with Gasteiger partial charge in [-0.3, -0.25) is 6.54 Å². The van der Waals surface area contributed by atoms with Crippen LogP contribution in [-0.2, 0) is 23.6 Å². The molecule has 0 spiro atoms. The van der Waals surface area contributed by atoms with Crippen molar-refractivity contribution in [2.24, 2.45) is 0 Å². The van der Waals surface area contributed by atoms with Crippen LogP contribution in [-0.4, -0.2) is 11.4 Å². The maximum Gasteiger partial charge on any atom is 2.00 e. The third-order valence-corrected chi connectivity index (χ3v) is 2.87. The molecule has 19 heavy (non-hydrogen) atoms. The Balaban J connectivity index is 0.000000220. The minimum atomic E-state index is 0. The van der Waals surface area contributed by atoms with E-state index < -0.39 is 0 Å². The first-order valence-electron chi connectivity index (χ1n) is 6.47. The van der Waals surface area contributed by atoms with E-state index in [9.17, 15) is 0 Å². The van der Waals surface area contributed by atoms with Gasteiger partial charge in [-0.25, -0.2) is 0 Å². The third-order valence-electron chi connectivity index (χ3n) is 2.87. The Labute approximate surface area is 127 Å². The van der Waals surface area contributed by atoms with Crippen molar-refractivity contribution < 1.29 is 17.1 Å². The van der Waals surface area contributed by atoms with Gasteiger partial charge >= 0.3 is 17.1 Å². The van der Waals surface area contributed by atoms with Crippen LogP contribution in [0.4, 0.5) is 0 Å². The van der Waals surface area contributed by atoms with E-state index in [1.807, 2.05) is 30.3 Å². The summed E-state index contributed by atoms with van der Waals surface area (Å²) in [6.07, 6.45) is 2.58. The van der Waals surface area contributed by atoms with Crippen molar-refractivity contribution >= 4 is 0 Å². The molecule has 1 nitrogen and oxygen atoms in total. The van der Waals surface area contributed by atoms with Crippen LogP contribution in [0, 0.1) is 12.6 Å². The normalized spacial score (nSPS) is 14.1. The monoisotopic (exact) mass is 293 g/mol. The third kappa shape index (κ3) is 6.58. The molecule has 0 aliphatic carbocycles. The van der Waals surface area contributed by atoms with E-state index in [4.69, 9.17) is 0 Å². The zero-order valence-corrected chi connectivity index (χ0v) is 12.1. The van der Waals surface area contributed by atoms with Crippen LogP contribution in [0.15, 0.2) is 60.7 Å². The van der Waals surface area contributed by atoms with Crippen LogP contribution in [0.1, 0.15) is 18.4 Å². The molecule has 0 amide bonds. The van der Waals surface area contributed by atoms with Crippen LogP contribution in [0.5, 0.6) is 0 Å². The number of likely N-dealkylation sites (tertiary alicyclic amines) is 1. The van der Waals surface area contributed by atoms with E-state index in [1.165, 1.54) is 24.9 Å². The van der Waals surface area contributed by atoms with Crippen LogP contribution in [0.25, 0.3) is 0 Å². The molecule has 0 atom stereocenters. The molecule has 2 aromatic rings. The van der Waals surface area contributed by atoms with Gasteiger partial charge in [-0.1, -0.05) is 36.8 Å². The number of rotatable bonds is 2. The van der Waals surface area contributed by atoms with E-state index in [-0.39, 0.29) is 17.1 Å². The molecule has 0 N–H and O–H groups in total. The Morgan fingerprint density at radius 3 is 2.16 bits per heavy atom. The molecule has 0 unspecified atom stereocenters. The Morgan fingerprint density at radius 2 is 1.68 bits per heavy atom. The Bertz CT molecular complexity index is 383. The maximum absolute atomic E-state index is 2.89. The largest absolute Gasteiger partial charge is 2.00 e. The first-order valence-corrected chi connectivity index (χ1v) is 6.47. The van der Waals surface area contributed by atoms with Gasteiger partial charge < -0.3 is 4.90 Å². The second-order valence-corrected chi connectivity index (χ2v) is 4.36. The molecule has 2 heteroatoms. The summed E-state index contributed by atoms with van der Waals surface area (Å²) in [4.78, 5) is 2.40. The summed E-state index contributed by atoms with van der Waals surface area (Å²) >= 11 is 0. The van der Waals surface area contributed by atoms with Gasteiger partial charge in [-0.05, 0) is 18.7 Å². The van der Waals surface area contributed by atoms with Crippen molar-refractivity contribution in [2.75, 3.05) is 6.54 Å². The first kappa shape index (κ1) is 16.0. The zero-order valence-electron chi connectivity index (χ0n) is 11.0. The average Bonchev–Trinajstić information content (AvgIpc) is 2.96. The SMILES string of the molecule is [Fe+2].[c-]1ccccc1.c1ccc(CN2[CH-]CCC2)cc1. The van der Waals surface area contributed by atoms with E-state index in [0.29, 0.717) is 0 Å². The predicted molar refractivity (Wildman–Crippen MR) is 75.7 cm³/mol. The average molecular weight is 293 g/mol. The molecule has 1 heterocycles. The second-order valence-electron chi connectivity index (χ2n) is 4.36. The zero-order chi connectivity index (χ0) is 12.5. The summed E-state index contributed by atoms with van der Waals surface area (Å²) in [6, 6.07) is 23.1. The standard InChI is InChI=1S/C11H14N.C6H5.Fe/c1-2-6-11(7-3-1)10-12-8-4-5-9-12;1-2-4-6-5-3-1;/h1-3,6-8H,4-5,9-10H2;1-5H;/q2*-1;+2. The Kier molecular flexibility index (Phi) is 8.24. The van der Waals surface area contributed by atoms with Crippen LogP contribution in [0.2, 0.25) is 0 Å². The summed E-state index contributed by atoms with van der Waals surface area (Å²) in [5, 5.41) is 0. The maximum atomic E-state index is 2.89. The summed E-state index contributed by atoms with van der Waals surface area (Å²) < 4.78 is 0. The number of benzene rings is 2. The van der Waals surface area contributed by atoms with Crippen molar-refractivity contribution in [1.29, 1.82) is 0 Å². The molecule has 0 saturated carbocycles. The van der Waals surface area contributed by atoms with Gasteiger partial charge in [0.2, 0.25) is 0 Å². The fourth-order valence-electron chi connectivity index (χ4n) is 1.96. The smallest absolute Gasteiger partial charge is 0.453 e. The van der Waals surface area contributed by atoms with E-state index in [1.54, 1.807) is 0 Å². The molecule has 0 aromatic heterocycles. The Hall–Kier alpha value is -1.08. The van der Waals surface area contributed by atoms with Crippen molar-refractivity contribution in [3.8, 4) is 0 Å². The molecular weight excluding hydrogens is 274 g/mol. The molecule has 100 valence electrons. The molecule has 3 rings (SSSR count). The first-order chi connectivity index (χ1) is 8.95. The van der Waals surface area contributed by atoms with Crippen LogP contribution in [0.3, 0.4) is 0 Å². The van der Waals surface area contributed by atoms with Crippen molar-refractivity contribution in [3.63, 3.8) is 0 Å². The van der Waals surface area contributed by atoms with Crippen LogP contribution >= 0.6 is 0 Å². The van der Waals surface area contributed by atoms with Crippen molar-refractivity contribution in [2.45, 2.75) is 19.4 Å². The summed E-state index contributed by atoms with van der Waals surface area (Å²) in [7, 11) is 0. The molecule has 1 fully saturated rings. The molecule has 1 aliphatic heterocycles. The van der Waals surface area contributed by atoms with Crippen molar-refractivity contribution in [3.05, 3.63) is 78.8 Å². The van der Waals surface area contributed by atoms with Crippen molar-refractivity contribution in [1.82, 2.24) is 4.90 Å². The van der Waals surface area contributed by atoms with Gasteiger partial charge in [0.15, 0.2) is 0 Å². The number of hydrogen-bond donors (Lipinski definition) is 0. The van der Waals surface area contributed by atoms with E-state index >= 15 is 0 Å². The quantitative estimate of drug-likeness (QED) is 0.599. The van der Waals surface area contributed by atoms with Gasteiger partial charge in [0.25, 0.3) is 0 Å². The second kappa shape index (κ2) is 9.80. The fourth-order valence-corrected chi connectivity index (χ4v) is 1.96. The number of nitrogens with zero attached hydrogens (tertiary/aromatic N) is 1. The molecule has 1 saturated heterocycles. The van der Waals surface area contributed by atoms with Crippen LogP contribution < -0.4 is 0 Å². The number of hydrogen-bond acceptors (Lipinski definition) is 1. The van der Waals surface area contributed by atoms with E-state index in [0.717, 1.165) is 6.54 Å². The van der Waals surface area contributed by atoms with Gasteiger partial charge in [0.05, 0.1) is 0 Å². The minimum Gasteiger partial charge on any atom is -0.453 e. The molecule has 0 radical (unpaired) electrons. The predicted octanol–water partition coefficient (Wildman–Crippen LogP) is 3.93. The van der Waals surface area contributed by atoms with Gasteiger partial charge in [-0.2, -0.15) is 42.8 Å². The fraction of sp³-hybridized carbons (Fsp3) is 0.235. The van der Waals surface area contributed by atoms with E-state index in [2.05, 4.69) is 47.8 Å². The van der Waals surface area contributed by atoms with Gasteiger partial charge in [0, 0.05) is 0 Å².